The summed E-state index contributed by atoms with van der Waals surface area (Å²) in [7, 11) is 0. The topological polar surface area (TPSA) is 41.6 Å². The van der Waals surface area contributed by atoms with Gasteiger partial charge in [-0.05, 0) is 56.4 Å². The van der Waals surface area contributed by atoms with Crippen LogP contribution in [0.2, 0.25) is 0 Å². The highest BCUT2D eigenvalue weighted by Crippen LogP contribution is 2.22. The first-order valence-corrected chi connectivity index (χ1v) is 7.60. The van der Waals surface area contributed by atoms with Crippen LogP contribution in [-0.4, -0.2) is 31.7 Å². The van der Waals surface area contributed by atoms with Crippen molar-refractivity contribution in [1.82, 2.24) is 0 Å². The summed E-state index contributed by atoms with van der Waals surface area (Å²) in [6, 6.07) is 8.13. The number of anilines is 2. The first kappa shape index (κ1) is 13.4. The zero-order valence-electron chi connectivity index (χ0n) is 11.8. The molecule has 0 aromatic heterocycles. The summed E-state index contributed by atoms with van der Waals surface area (Å²) in [4.78, 5) is 14.4. The minimum absolute atomic E-state index is 0.0152. The number of carbonyl (C=O) groups is 1. The maximum Gasteiger partial charge on any atom is 0.253 e. The fourth-order valence-corrected chi connectivity index (χ4v) is 2.90. The maximum atomic E-state index is 12.1. The van der Waals surface area contributed by atoms with Gasteiger partial charge in [0.05, 0.1) is 0 Å². The van der Waals surface area contributed by atoms with Crippen molar-refractivity contribution in [3.63, 3.8) is 0 Å². The maximum absolute atomic E-state index is 12.1. The highest BCUT2D eigenvalue weighted by atomic mass is 16.5. The van der Waals surface area contributed by atoms with Gasteiger partial charge in [-0.15, -0.1) is 0 Å². The second kappa shape index (κ2) is 6.27. The van der Waals surface area contributed by atoms with E-state index in [4.69, 9.17) is 4.74 Å². The first-order chi connectivity index (χ1) is 9.83. The summed E-state index contributed by atoms with van der Waals surface area (Å²) in [5, 5.41) is 2.95. The normalized spacial score (nSPS) is 22.8. The molecular weight excluding hydrogens is 252 g/mol. The fraction of sp³-hybridized carbons (Fsp3) is 0.562. The third kappa shape index (κ3) is 3.12. The van der Waals surface area contributed by atoms with Gasteiger partial charge in [0.2, 0.25) is 0 Å². The molecule has 2 aliphatic rings. The molecule has 4 heteroatoms. The Kier molecular flexibility index (Phi) is 4.21. The molecule has 108 valence electrons. The van der Waals surface area contributed by atoms with Crippen molar-refractivity contribution in [1.29, 1.82) is 0 Å². The highest BCUT2D eigenvalue weighted by Gasteiger charge is 2.22. The zero-order valence-corrected chi connectivity index (χ0v) is 11.8. The van der Waals surface area contributed by atoms with Crippen LogP contribution < -0.4 is 10.2 Å². The lowest BCUT2D eigenvalue weighted by atomic mass is 10.1. The molecule has 2 fully saturated rings. The summed E-state index contributed by atoms with van der Waals surface area (Å²) >= 11 is 0. The predicted molar refractivity (Wildman–Crippen MR) is 80.1 cm³/mol. The molecule has 20 heavy (non-hydrogen) atoms. The van der Waals surface area contributed by atoms with Crippen LogP contribution >= 0.6 is 0 Å². The van der Waals surface area contributed by atoms with Crippen molar-refractivity contribution in [2.45, 2.75) is 38.2 Å². The van der Waals surface area contributed by atoms with Gasteiger partial charge < -0.3 is 15.0 Å². The van der Waals surface area contributed by atoms with Gasteiger partial charge in [-0.1, -0.05) is 0 Å². The fourth-order valence-electron chi connectivity index (χ4n) is 2.90. The van der Waals surface area contributed by atoms with Gasteiger partial charge in [-0.25, -0.2) is 0 Å². The van der Waals surface area contributed by atoms with Gasteiger partial charge >= 0.3 is 0 Å². The first-order valence-electron chi connectivity index (χ1n) is 7.60. The molecule has 3 rings (SSSR count). The minimum Gasteiger partial charge on any atom is -0.372 e. The number of amides is 1. The average molecular weight is 274 g/mol. The zero-order chi connectivity index (χ0) is 13.8. The molecule has 2 heterocycles. The summed E-state index contributed by atoms with van der Waals surface area (Å²) < 4.78 is 5.50. The molecular formula is C16H22N2O2. The van der Waals surface area contributed by atoms with E-state index in [2.05, 4.69) is 22.3 Å². The monoisotopic (exact) mass is 274 g/mol. The van der Waals surface area contributed by atoms with Gasteiger partial charge in [-0.3, -0.25) is 4.79 Å². The Balaban J connectivity index is 1.58. The molecule has 0 radical (unpaired) electrons. The Bertz CT molecular complexity index is 446. The molecule has 1 atom stereocenters. The van der Waals surface area contributed by atoms with Gasteiger partial charge in [0.15, 0.2) is 0 Å². The van der Waals surface area contributed by atoms with E-state index in [0.29, 0.717) is 6.61 Å². The van der Waals surface area contributed by atoms with Crippen molar-refractivity contribution in [2.24, 2.45) is 0 Å². The van der Waals surface area contributed by atoms with Crippen molar-refractivity contribution >= 4 is 17.3 Å². The molecule has 1 amide bonds. The largest absolute Gasteiger partial charge is 0.372 e. The number of carbonyl (C=O) groups excluding carboxylic acids is 1. The Morgan fingerprint density at radius 3 is 2.50 bits per heavy atom. The van der Waals surface area contributed by atoms with Crippen LogP contribution in [0.4, 0.5) is 11.4 Å². The lowest BCUT2D eigenvalue weighted by Crippen LogP contribution is -2.33. The predicted octanol–water partition coefficient (Wildman–Crippen LogP) is 2.79. The standard InChI is InChI=1S/C16H22N2O2/c19-16(15-5-1-4-12-20-15)17-13-6-8-14(9-7-13)18-10-2-3-11-18/h6-9,15H,1-5,10-12H2,(H,17,19). The van der Waals surface area contributed by atoms with E-state index >= 15 is 0 Å². The summed E-state index contributed by atoms with van der Waals surface area (Å²) in [6.07, 6.45) is 5.24. The molecule has 2 saturated heterocycles. The Labute approximate surface area is 120 Å². The molecule has 0 saturated carbocycles. The van der Waals surface area contributed by atoms with E-state index in [0.717, 1.165) is 38.0 Å². The van der Waals surface area contributed by atoms with Crippen molar-refractivity contribution in [3.8, 4) is 0 Å². The van der Waals surface area contributed by atoms with E-state index in [9.17, 15) is 4.79 Å². The number of ether oxygens (including phenoxy) is 1. The molecule has 1 aromatic rings. The second-order valence-electron chi connectivity index (χ2n) is 5.59. The van der Waals surface area contributed by atoms with Gasteiger partial charge in [0.1, 0.15) is 6.10 Å². The van der Waals surface area contributed by atoms with Crippen molar-refractivity contribution in [3.05, 3.63) is 24.3 Å². The quantitative estimate of drug-likeness (QED) is 0.921. The molecule has 1 aromatic carbocycles. The number of rotatable bonds is 3. The number of hydrogen-bond acceptors (Lipinski definition) is 3. The molecule has 0 bridgehead atoms. The van der Waals surface area contributed by atoms with Gasteiger partial charge in [-0.2, -0.15) is 0 Å². The van der Waals surface area contributed by atoms with Gasteiger partial charge in [0.25, 0.3) is 5.91 Å². The second-order valence-corrected chi connectivity index (χ2v) is 5.59. The number of benzene rings is 1. The van der Waals surface area contributed by atoms with Crippen molar-refractivity contribution < 1.29 is 9.53 Å². The van der Waals surface area contributed by atoms with Crippen LogP contribution in [0.5, 0.6) is 0 Å². The summed E-state index contributed by atoms with van der Waals surface area (Å²) in [5.41, 5.74) is 2.10. The summed E-state index contributed by atoms with van der Waals surface area (Å²) in [5.74, 6) is -0.0152. The van der Waals surface area contributed by atoms with Crippen LogP contribution in [0.25, 0.3) is 0 Å². The van der Waals surface area contributed by atoms with E-state index in [-0.39, 0.29) is 12.0 Å². The molecule has 4 nitrogen and oxygen atoms in total. The average Bonchev–Trinajstić information content (AvgIpc) is 3.03. The van der Waals surface area contributed by atoms with Crippen LogP contribution in [0.1, 0.15) is 32.1 Å². The third-order valence-corrected chi connectivity index (χ3v) is 4.08. The van der Waals surface area contributed by atoms with Crippen LogP contribution in [0, 0.1) is 0 Å². The van der Waals surface area contributed by atoms with E-state index < -0.39 is 0 Å². The number of hydrogen-bond donors (Lipinski definition) is 1. The molecule has 1 unspecified atom stereocenters. The summed E-state index contributed by atoms with van der Waals surface area (Å²) in [6.45, 7) is 2.98. The Morgan fingerprint density at radius 1 is 1.10 bits per heavy atom. The molecule has 1 N–H and O–H groups in total. The van der Waals surface area contributed by atoms with E-state index in [1.165, 1.54) is 18.5 Å². The lowest BCUT2D eigenvalue weighted by molar-refractivity contribution is -0.129. The Hall–Kier alpha value is -1.55. The van der Waals surface area contributed by atoms with Crippen LogP contribution in [0.15, 0.2) is 24.3 Å². The molecule has 0 spiro atoms. The lowest BCUT2D eigenvalue weighted by Gasteiger charge is -2.22. The van der Waals surface area contributed by atoms with E-state index in [1.54, 1.807) is 0 Å². The Morgan fingerprint density at radius 2 is 1.85 bits per heavy atom. The third-order valence-electron chi connectivity index (χ3n) is 4.08. The number of nitrogens with one attached hydrogen (secondary N) is 1. The highest BCUT2D eigenvalue weighted by molar-refractivity contribution is 5.94. The smallest absolute Gasteiger partial charge is 0.253 e. The van der Waals surface area contributed by atoms with Crippen LogP contribution in [-0.2, 0) is 9.53 Å². The number of nitrogens with zero attached hydrogens (tertiary/aromatic N) is 1. The SMILES string of the molecule is O=C(Nc1ccc(N2CCCC2)cc1)C1CCCCO1. The van der Waals surface area contributed by atoms with E-state index in [1.807, 2.05) is 12.1 Å². The van der Waals surface area contributed by atoms with Gasteiger partial charge in [0, 0.05) is 31.1 Å². The molecule has 2 aliphatic heterocycles. The van der Waals surface area contributed by atoms with Crippen LogP contribution in [0.3, 0.4) is 0 Å². The minimum atomic E-state index is -0.276. The van der Waals surface area contributed by atoms with Crippen molar-refractivity contribution in [2.75, 3.05) is 29.9 Å². The molecule has 0 aliphatic carbocycles.